The van der Waals surface area contributed by atoms with Crippen LogP contribution in [0.2, 0.25) is 0 Å². The minimum Gasteiger partial charge on any atom is -0.419 e. The number of hydrogen-bond acceptors (Lipinski definition) is 3. The van der Waals surface area contributed by atoms with Crippen LogP contribution in [-0.2, 0) is 4.74 Å². The van der Waals surface area contributed by atoms with Crippen LogP contribution in [0.4, 0.5) is 0 Å². The van der Waals surface area contributed by atoms with Crippen LogP contribution in [0.5, 0.6) is 0 Å². The molecule has 3 heteroatoms. The third-order valence-corrected chi connectivity index (χ3v) is 2.66. The van der Waals surface area contributed by atoms with E-state index in [4.69, 9.17) is 15.4 Å². The van der Waals surface area contributed by atoms with Crippen molar-refractivity contribution in [2.45, 2.75) is 26.4 Å². The zero-order valence-electron chi connectivity index (χ0n) is 11.3. The molecule has 1 atom stereocenters. The molecule has 0 heterocycles. The first-order valence-corrected chi connectivity index (χ1v) is 6.38. The summed E-state index contributed by atoms with van der Waals surface area (Å²) in [5.74, 6) is 0. The van der Waals surface area contributed by atoms with E-state index >= 15 is 0 Å². The molecule has 1 aliphatic carbocycles. The number of allylic oxidation sites excluding steroid dienone is 2. The molecule has 98 valence electrons. The molecule has 0 fully saturated rings. The maximum absolute atomic E-state index is 8.59. The summed E-state index contributed by atoms with van der Waals surface area (Å²) in [6.45, 7) is 4.00. The molecule has 1 aliphatic rings. The summed E-state index contributed by atoms with van der Waals surface area (Å²) in [5.41, 5.74) is 2.00. The van der Waals surface area contributed by atoms with Crippen molar-refractivity contribution in [1.82, 2.24) is 0 Å². The second kappa shape index (κ2) is 7.88. The highest BCUT2D eigenvalue weighted by Crippen LogP contribution is 2.20. The molecule has 0 aliphatic heterocycles. The van der Waals surface area contributed by atoms with Gasteiger partial charge in [0.25, 0.3) is 6.26 Å². The minimum atomic E-state index is -0.335. The van der Waals surface area contributed by atoms with Gasteiger partial charge in [-0.2, -0.15) is 5.26 Å². The predicted molar refractivity (Wildman–Crippen MR) is 76.9 cm³/mol. The predicted octanol–water partition coefficient (Wildman–Crippen LogP) is 3.83. The van der Waals surface area contributed by atoms with E-state index in [1.54, 1.807) is 6.26 Å². The lowest BCUT2D eigenvalue weighted by atomic mass is 9.93. The second-order valence-corrected chi connectivity index (χ2v) is 3.72. The third-order valence-electron chi connectivity index (χ3n) is 2.66. The topological polar surface area (TPSA) is 56.9 Å². The average molecular weight is 254 g/mol. The lowest BCUT2D eigenvalue weighted by Gasteiger charge is -2.19. The molecular formula is C16H18N2O. The Bertz CT molecular complexity index is 509. The van der Waals surface area contributed by atoms with E-state index in [9.17, 15) is 0 Å². The van der Waals surface area contributed by atoms with Gasteiger partial charge in [-0.15, -0.1) is 0 Å². The summed E-state index contributed by atoms with van der Waals surface area (Å²) in [7, 11) is 0. The summed E-state index contributed by atoms with van der Waals surface area (Å²) in [6, 6.07) is 9.46. The Morgan fingerprint density at radius 1 is 1.32 bits per heavy atom. The molecule has 1 aromatic rings. The van der Waals surface area contributed by atoms with Gasteiger partial charge in [-0.3, -0.25) is 5.41 Å². The zero-order valence-corrected chi connectivity index (χ0v) is 11.3. The van der Waals surface area contributed by atoms with Crippen molar-refractivity contribution in [3.8, 4) is 6.26 Å². The fourth-order valence-corrected chi connectivity index (χ4v) is 1.80. The van der Waals surface area contributed by atoms with Crippen LogP contribution in [0.25, 0.3) is 0 Å². The molecule has 2 rings (SSSR count). The van der Waals surface area contributed by atoms with Crippen molar-refractivity contribution in [1.29, 1.82) is 10.7 Å². The number of hydrogen-bond donors (Lipinski definition) is 1. The van der Waals surface area contributed by atoms with Gasteiger partial charge in [-0.25, -0.2) is 0 Å². The van der Waals surface area contributed by atoms with E-state index in [0.717, 1.165) is 11.1 Å². The zero-order chi connectivity index (χ0) is 14.1. The highest BCUT2D eigenvalue weighted by Gasteiger charge is 2.21. The number of nitrogens with one attached hydrogen (secondary N) is 1. The Balaban J connectivity index is 0.000000861. The van der Waals surface area contributed by atoms with Crippen molar-refractivity contribution in [3.05, 3.63) is 59.7 Å². The number of ether oxygens (including phenoxy) is 1. The normalized spacial score (nSPS) is 16.5. The molecule has 1 aromatic carbocycles. The molecule has 19 heavy (non-hydrogen) atoms. The summed E-state index contributed by atoms with van der Waals surface area (Å²) in [5, 5.41) is 16.7. The molecule has 0 spiro atoms. The summed E-state index contributed by atoms with van der Waals surface area (Å²) in [4.78, 5) is 0. The molecule has 0 saturated carbocycles. The standard InChI is InChI=1S/C14H12N2O.C2H6/c15-10-17-13-9-5-4-8-12(13)14(16)11-6-2-1-3-7-11;1-2/h1-8,13,16H,9H2;1-2H3. The largest absolute Gasteiger partial charge is 0.419 e. The van der Waals surface area contributed by atoms with Crippen molar-refractivity contribution in [2.75, 3.05) is 0 Å². The van der Waals surface area contributed by atoms with E-state index < -0.39 is 0 Å². The quantitative estimate of drug-likeness (QED) is 0.658. The summed E-state index contributed by atoms with van der Waals surface area (Å²) < 4.78 is 4.98. The summed E-state index contributed by atoms with van der Waals surface area (Å²) in [6.07, 6.45) is 7.66. The smallest absolute Gasteiger partial charge is 0.286 e. The van der Waals surface area contributed by atoms with E-state index in [0.29, 0.717) is 12.1 Å². The molecule has 3 nitrogen and oxygen atoms in total. The minimum absolute atomic E-state index is 0.335. The highest BCUT2D eigenvalue weighted by molar-refractivity contribution is 6.11. The van der Waals surface area contributed by atoms with Gasteiger partial charge in [-0.1, -0.05) is 62.4 Å². The first-order valence-electron chi connectivity index (χ1n) is 6.38. The summed E-state index contributed by atoms with van der Waals surface area (Å²) >= 11 is 0. The third kappa shape index (κ3) is 3.82. The van der Waals surface area contributed by atoms with Gasteiger partial charge in [0.15, 0.2) is 0 Å². The van der Waals surface area contributed by atoms with Crippen LogP contribution in [0, 0.1) is 16.9 Å². The Kier molecular flexibility index (Phi) is 6.11. The van der Waals surface area contributed by atoms with Crippen LogP contribution in [0.15, 0.2) is 54.1 Å². The van der Waals surface area contributed by atoms with Gasteiger partial charge in [0, 0.05) is 12.0 Å². The number of nitrogens with zero attached hydrogens (tertiary/aromatic N) is 1. The van der Waals surface area contributed by atoms with Crippen LogP contribution >= 0.6 is 0 Å². The monoisotopic (exact) mass is 254 g/mol. The SMILES string of the molecule is CC.N#COC1CC=CC=C1C(=N)c1ccccc1. The average Bonchev–Trinajstić information content (AvgIpc) is 2.50. The Morgan fingerprint density at radius 2 is 2.00 bits per heavy atom. The maximum Gasteiger partial charge on any atom is 0.286 e. The van der Waals surface area contributed by atoms with Crippen LogP contribution in [-0.4, -0.2) is 11.8 Å². The maximum atomic E-state index is 8.59. The number of nitriles is 1. The van der Waals surface area contributed by atoms with Crippen molar-refractivity contribution >= 4 is 5.71 Å². The van der Waals surface area contributed by atoms with E-state index in [2.05, 4.69) is 0 Å². The van der Waals surface area contributed by atoms with Gasteiger partial charge < -0.3 is 4.74 Å². The van der Waals surface area contributed by atoms with Crippen molar-refractivity contribution in [2.24, 2.45) is 0 Å². The number of benzene rings is 1. The van der Waals surface area contributed by atoms with Crippen LogP contribution in [0.1, 0.15) is 25.8 Å². The van der Waals surface area contributed by atoms with E-state index in [1.807, 2.05) is 62.4 Å². The molecule has 1 unspecified atom stereocenters. The van der Waals surface area contributed by atoms with Crippen LogP contribution in [0.3, 0.4) is 0 Å². The number of rotatable bonds is 3. The van der Waals surface area contributed by atoms with Crippen molar-refractivity contribution < 1.29 is 4.74 Å². The lowest BCUT2D eigenvalue weighted by Crippen LogP contribution is -2.21. The fourth-order valence-electron chi connectivity index (χ4n) is 1.80. The Morgan fingerprint density at radius 3 is 2.63 bits per heavy atom. The van der Waals surface area contributed by atoms with Crippen LogP contribution < -0.4 is 0 Å². The van der Waals surface area contributed by atoms with E-state index in [-0.39, 0.29) is 6.10 Å². The molecule has 0 radical (unpaired) electrons. The van der Waals surface area contributed by atoms with Gasteiger partial charge in [0.05, 0.1) is 5.71 Å². The molecule has 0 aromatic heterocycles. The Hall–Kier alpha value is -2.34. The van der Waals surface area contributed by atoms with Gasteiger partial charge in [-0.05, 0) is 5.56 Å². The lowest BCUT2D eigenvalue weighted by molar-refractivity contribution is 0.201. The van der Waals surface area contributed by atoms with Gasteiger partial charge in [0.2, 0.25) is 0 Å². The van der Waals surface area contributed by atoms with E-state index in [1.165, 1.54) is 0 Å². The van der Waals surface area contributed by atoms with Crippen molar-refractivity contribution in [3.63, 3.8) is 0 Å². The molecular weight excluding hydrogens is 236 g/mol. The first-order chi connectivity index (χ1) is 9.33. The molecule has 0 saturated heterocycles. The second-order valence-electron chi connectivity index (χ2n) is 3.72. The fraction of sp³-hybridized carbons (Fsp3) is 0.250. The molecule has 0 bridgehead atoms. The highest BCUT2D eigenvalue weighted by atomic mass is 16.5. The van der Waals surface area contributed by atoms with Gasteiger partial charge in [0.1, 0.15) is 6.10 Å². The molecule has 0 amide bonds. The Labute approximate surface area is 114 Å². The molecule has 1 N–H and O–H groups in total. The van der Waals surface area contributed by atoms with Gasteiger partial charge >= 0.3 is 0 Å². The first kappa shape index (κ1) is 14.7.